The lowest BCUT2D eigenvalue weighted by atomic mass is 10.1. The normalized spacial score (nSPS) is 14.5. The molecule has 17 nitrogen and oxygen atoms in total. The average molecular weight is 1450 g/mol. The Morgan fingerprint density at radius 2 is 0.500 bits per heavy atom. The Labute approximate surface area is 607 Å². The fourth-order valence-corrected chi connectivity index (χ4v) is 11.7. The molecule has 0 saturated heterocycles. The number of hydrogen-bond donors (Lipinski definition) is 3. The number of phosphoric acid groups is 2. The maximum atomic E-state index is 13.1. The first-order valence-electron chi connectivity index (χ1n) is 39.1. The molecule has 100 heavy (non-hydrogen) atoms. The van der Waals surface area contributed by atoms with E-state index in [2.05, 4.69) is 125 Å². The molecule has 0 aliphatic rings. The van der Waals surface area contributed by atoms with Crippen molar-refractivity contribution in [1.82, 2.24) is 0 Å². The maximum Gasteiger partial charge on any atom is 0.472 e. The third-order valence-corrected chi connectivity index (χ3v) is 18.1. The van der Waals surface area contributed by atoms with Crippen molar-refractivity contribution in [2.45, 2.75) is 341 Å². The summed E-state index contributed by atoms with van der Waals surface area (Å²) in [5, 5.41) is 10.6. The molecule has 19 heteroatoms. The molecule has 0 amide bonds. The molecular weight excluding hydrogens is 1310 g/mol. The zero-order valence-electron chi connectivity index (χ0n) is 62.8. The second-order valence-corrected chi connectivity index (χ2v) is 28.8. The quantitative estimate of drug-likeness (QED) is 0.0169. The highest BCUT2D eigenvalue weighted by Gasteiger charge is 2.30. The van der Waals surface area contributed by atoms with Gasteiger partial charge in [0.2, 0.25) is 0 Å². The van der Waals surface area contributed by atoms with Crippen LogP contribution in [0, 0.1) is 0 Å². The molecule has 2 unspecified atom stereocenters. The number of carbonyl (C=O) groups is 4. The number of carbonyl (C=O) groups excluding carboxylic acids is 4. The van der Waals surface area contributed by atoms with Gasteiger partial charge in [0, 0.05) is 25.7 Å². The minimum Gasteiger partial charge on any atom is -0.462 e. The predicted octanol–water partition coefficient (Wildman–Crippen LogP) is 22.6. The van der Waals surface area contributed by atoms with Crippen LogP contribution < -0.4 is 0 Å². The summed E-state index contributed by atoms with van der Waals surface area (Å²) in [4.78, 5) is 72.9. The Morgan fingerprint density at radius 1 is 0.280 bits per heavy atom. The van der Waals surface area contributed by atoms with Gasteiger partial charge in [-0.1, -0.05) is 253 Å². The lowest BCUT2D eigenvalue weighted by molar-refractivity contribution is -0.161. The van der Waals surface area contributed by atoms with Crippen LogP contribution in [0.5, 0.6) is 0 Å². The fourth-order valence-electron chi connectivity index (χ4n) is 10.1. The largest absolute Gasteiger partial charge is 0.472 e. The first kappa shape index (κ1) is 95.7. The molecule has 0 saturated carbocycles. The molecule has 0 aliphatic carbocycles. The van der Waals surface area contributed by atoms with Gasteiger partial charge < -0.3 is 33.8 Å². The molecule has 576 valence electrons. The topological polar surface area (TPSA) is 237 Å². The highest BCUT2D eigenvalue weighted by Crippen LogP contribution is 2.45. The number of esters is 4. The van der Waals surface area contributed by atoms with Gasteiger partial charge in [0.1, 0.15) is 19.3 Å². The van der Waals surface area contributed by atoms with Gasteiger partial charge in [-0.3, -0.25) is 37.3 Å². The summed E-state index contributed by atoms with van der Waals surface area (Å²) < 4.78 is 68.4. The van der Waals surface area contributed by atoms with Gasteiger partial charge in [-0.15, -0.1) is 0 Å². The van der Waals surface area contributed by atoms with Gasteiger partial charge in [0.15, 0.2) is 12.2 Å². The second-order valence-electron chi connectivity index (χ2n) is 25.9. The third-order valence-electron chi connectivity index (χ3n) is 16.2. The Balaban J connectivity index is 5.42. The van der Waals surface area contributed by atoms with Crippen LogP contribution in [0.15, 0.2) is 109 Å². The monoisotopic (exact) mass is 1450 g/mol. The number of allylic oxidation sites excluding steroid dienone is 18. The van der Waals surface area contributed by atoms with Crippen molar-refractivity contribution >= 4 is 39.5 Å². The lowest BCUT2D eigenvalue weighted by Gasteiger charge is -2.21. The number of hydrogen-bond acceptors (Lipinski definition) is 15. The van der Waals surface area contributed by atoms with Crippen LogP contribution in [0.2, 0.25) is 0 Å². The van der Waals surface area contributed by atoms with E-state index in [4.69, 9.17) is 37.0 Å². The van der Waals surface area contributed by atoms with E-state index in [1.54, 1.807) is 0 Å². The smallest absolute Gasteiger partial charge is 0.462 e. The molecule has 0 aliphatic heterocycles. The highest BCUT2D eigenvalue weighted by atomic mass is 31.2. The SMILES string of the molecule is CCCCC/C=C\C/C=C\C/C=C\C/C=C\CCCC(=O)OC[C@H](COP(=O)(O)OC[C@@H](O)COP(=O)(O)OC[C@@H](COC(=O)CCCCCCC/C=C\C/C=C\CCCCC)OC(=O)CCCCCCC/C=C\C/C=C\CCCCC)OC(=O)CCCCCCC/C=C\CCCCCC. The van der Waals surface area contributed by atoms with E-state index in [1.807, 2.05) is 12.2 Å². The minimum atomic E-state index is -4.99. The zero-order valence-corrected chi connectivity index (χ0v) is 64.6. The molecule has 0 aromatic carbocycles. The number of unbranched alkanes of at least 4 members (excludes halogenated alkanes) is 29. The van der Waals surface area contributed by atoms with Crippen molar-refractivity contribution in [1.29, 1.82) is 0 Å². The maximum absolute atomic E-state index is 13.1. The summed E-state index contributed by atoms with van der Waals surface area (Å²) in [5.74, 6) is -2.27. The van der Waals surface area contributed by atoms with Crippen LogP contribution in [0.3, 0.4) is 0 Å². The van der Waals surface area contributed by atoms with Crippen LogP contribution in [0.25, 0.3) is 0 Å². The van der Waals surface area contributed by atoms with Crippen LogP contribution >= 0.6 is 15.6 Å². The Morgan fingerprint density at radius 3 is 0.820 bits per heavy atom. The molecule has 0 spiro atoms. The van der Waals surface area contributed by atoms with Crippen LogP contribution in [0.1, 0.15) is 323 Å². The summed E-state index contributed by atoms with van der Waals surface area (Å²) >= 11 is 0. The highest BCUT2D eigenvalue weighted by molar-refractivity contribution is 7.47. The van der Waals surface area contributed by atoms with Crippen molar-refractivity contribution in [3.8, 4) is 0 Å². The van der Waals surface area contributed by atoms with E-state index < -0.39 is 97.5 Å². The van der Waals surface area contributed by atoms with E-state index in [1.165, 1.54) is 83.5 Å². The predicted molar refractivity (Wildman–Crippen MR) is 408 cm³/mol. The summed E-state index contributed by atoms with van der Waals surface area (Å²) in [6.07, 6.45) is 77.9. The molecular formula is C81H140O17P2. The molecule has 0 radical (unpaired) electrons. The van der Waals surface area contributed by atoms with E-state index in [-0.39, 0.29) is 25.7 Å². The first-order chi connectivity index (χ1) is 48.7. The van der Waals surface area contributed by atoms with E-state index >= 15 is 0 Å². The van der Waals surface area contributed by atoms with Crippen molar-refractivity contribution in [3.63, 3.8) is 0 Å². The van der Waals surface area contributed by atoms with E-state index in [0.29, 0.717) is 32.1 Å². The second kappa shape index (κ2) is 73.0. The Hall–Kier alpha value is -4.28. The third kappa shape index (κ3) is 72.1. The van der Waals surface area contributed by atoms with Crippen LogP contribution in [0.4, 0.5) is 0 Å². The van der Waals surface area contributed by atoms with Crippen molar-refractivity contribution < 1.29 is 80.2 Å². The summed E-state index contributed by atoms with van der Waals surface area (Å²) in [6.45, 7) is 4.69. The van der Waals surface area contributed by atoms with Gasteiger partial charge >= 0.3 is 39.5 Å². The molecule has 3 N–H and O–H groups in total. The number of phosphoric ester groups is 2. The summed E-state index contributed by atoms with van der Waals surface area (Å²) in [6, 6.07) is 0. The zero-order chi connectivity index (χ0) is 73.2. The van der Waals surface area contributed by atoms with E-state index in [9.17, 15) is 43.2 Å². The standard InChI is InChI=1S/C81H140O17P2/c1-5-9-13-17-21-25-29-33-36-37-40-43-46-50-54-58-62-66-79(84)92-71-76(97-80(85)67-63-59-55-51-47-41-32-28-24-20-16-12-8-4)73-95-99(87,88)93-69-75(82)70-94-100(89,90)96-74-77(98-81(86)68-64-60-56-52-48-44-39-35-31-27-23-19-15-11-7-3)72-91-78(83)65-61-57-53-49-45-42-38-34-30-26-22-18-14-10-6-2/h21-23,25-28,32-36,38-40,43,50,54,75-77,82H,5-20,24,29-31,37,41-42,44-49,51-53,55-74H2,1-4H3,(H,87,88)(H,89,90)/b25-21-,26-22-,27-23-,32-28-,36-33-,38-34-,39-35-,43-40-,54-50-/t75-,76-,77-/m1/s1. The minimum absolute atomic E-state index is 0.0720. The number of rotatable bonds is 73. The van der Waals surface area contributed by atoms with Gasteiger partial charge in [-0.25, -0.2) is 9.13 Å². The van der Waals surface area contributed by atoms with Crippen molar-refractivity contribution in [2.24, 2.45) is 0 Å². The van der Waals surface area contributed by atoms with Crippen molar-refractivity contribution in [2.75, 3.05) is 39.6 Å². The fraction of sp³-hybridized carbons (Fsp3) is 0.728. The Kier molecular flexibility index (Phi) is 69.9. The molecule has 0 aromatic heterocycles. The van der Waals surface area contributed by atoms with Crippen molar-refractivity contribution in [3.05, 3.63) is 109 Å². The number of ether oxygens (including phenoxy) is 4. The van der Waals surface area contributed by atoms with Gasteiger partial charge in [0.25, 0.3) is 0 Å². The number of aliphatic hydroxyl groups is 1. The lowest BCUT2D eigenvalue weighted by Crippen LogP contribution is -2.30. The first-order valence-corrected chi connectivity index (χ1v) is 42.1. The molecule has 0 heterocycles. The van der Waals surface area contributed by atoms with Gasteiger partial charge in [-0.2, -0.15) is 0 Å². The molecule has 0 bridgehead atoms. The summed E-state index contributed by atoms with van der Waals surface area (Å²) in [5.41, 5.74) is 0. The van der Waals surface area contributed by atoms with Crippen LogP contribution in [-0.4, -0.2) is 96.7 Å². The molecule has 0 fully saturated rings. The molecule has 5 atom stereocenters. The molecule has 0 rings (SSSR count). The van der Waals surface area contributed by atoms with E-state index in [0.717, 1.165) is 154 Å². The van der Waals surface area contributed by atoms with Gasteiger partial charge in [-0.05, 0) is 154 Å². The summed E-state index contributed by atoms with van der Waals surface area (Å²) in [7, 11) is -9.98. The number of aliphatic hydroxyl groups excluding tert-OH is 1. The van der Waals surface area contributed by atoms with Crippen LogP contribution in [-0.2, 0) is 65.4 Å². The molecule has 0 aromatic rings. The van der Waals surface area contributed by atoms with Gasteiger partial charge in [0.05, 0.1) is 26.4 Å². The Bertz CT molecular complexity index is 2320. The average Bonchev–Trinajstić information content (AvgIpc) is 0.965.